The predicted octanol–water partition coefficient (Wildman–Crippen LogP) is 3.01. The number of anilines is 2. The Labute approximate surface area is 196 Å². The summed E-state index contributed by atoms with van der Waals surface area (Å²) in [5, 5.41) is 8.92. The van der Waals surface area contributed by atoms with Gasteiger partial charge in [0.25, 0.3) is 0 Å². The van der Waals surface area contributed by atoms with E-state index < -0.39 is 0 Å². The molecular weight excluding hydrogens is 414 g/mol. The topological polar surface area (TPSA) is 61.8 Å². The molecule has 0 saturated carbocycles. The molecule has 4 heterocycles. The van der Waals surface area contributed by atoms with Gasteiger partial charge in [-0.15, -0.1) is 10.2 Å². The van der Waals surface area contributed by atoms with Crippen LogP contribution in [0.2, 0.25) is 0 Å². The number of hydrogen-bond acceptors (Lipinski definition) is 6. The maximum atomic E-state index is 13.1. The van der Waals surface area contributed by atoms with Crippen molar-refractivity contribution in [1.82, 2.24) is 15.1 Å². The summed E-state index contributed by atoms with van der Waals surface area (Å²) in [6.07, 6.45) is 5.16. The molecule has 176 valence electrons. The maximum Gasteiger partial charge on any atom is 0.225 e. The highest BCUT2D eigenvalue weighted by molar-refractivity contribution is 5.79. The fourth-order valence-corrected chi connectivity index (χ4v) is 5.37. The van der Waals surface area contributed by atoms with Crippen LogP contribution in [0.1, 0.15) is 31.2 Å². The molecule has 3 aliphatic heterocycles. The largest absolute Gasteiger partial charge is 0.378 e. The number of piperidine rings is 2. The average molecular weight is 450 g/mol. The SMILES string of the molecule is O=C(C1CCN(c2ccc(N3CCOCC3)nn2)CC1)N1CCC(Cc2ccccc2)CC1. The van der Waals surface area contributed by atoms with Crippen LogP contribution in [0.3, 0.4) is 0 Å². The summed E-state index contributed by atoms with van der Waals surface area (Å²) < 4.78 is 5.41. The lowest BCUT2D eigenvalue weighted by atomic mass is 9.88. The normalized spacial score (nSPS) is 20.8. The van der Waals surface area contributed by atoms with E-state index >= 15 is 0 Å². The number of nitrogens with zero attached hydrogens (tertiary/aromatic N) is 5. The number of amides is 1. The van der Waals surface area contributed by atoms with Crippen LogP contribution in [0.5, 0.6) is 0 Å². The Morgan fingerprint density at radius 2 is 1.39 bits per heavy atom. The Balaban J connectivity index is 1.07. The van der Waals surface area contributed by atoms with E-state index in [1.165, 1.54) is 5.56 Å². The minimum absolute atomic E-state index is 0.146. The van der Waals surface area contributed by atoms with Gasteiger partial charge in [-0.25, -0.2) is 0 Å². The zero-order chi connectivity index (χ0) is 22.5. The van der Waals surface area contributed by atoms with E-state index in [1.54, 1.807) is 0 Å². The van der Waals surface area contributed by atoms with E-state index in [-0.39, 0.29) is 5.92 Å². The minimum atomic E-state index is 0.146. The van der Waals surface area contributed by atoms with Crippen molar-refractivity contribution in [3.63, 3.8) is 0 Å². The van der Waals surface area contributed by atoms with Gasteiger partial charge in [-0.05, 0) is 55.7 Å². The summed E-state index contributed by atoms with van der Waals surface area (Å²) in [4.78, 5) is 19.8. The molecule has 1 aromatic heterocycles. The molecule has 3 fully saturated rings. The Hall–Kier alpha value is -2.67. The second-order valence-electron chi connectivity index (χ2n) is 9.57. The van der Waals surface area contributed by atoms with E-state index in [0.717, 1.165) is 96.2 Å². The molecule has 1 amide bonds. The lowest BCUT2D eigenvalue weighted by Gasteiger charge is -2.37. The van der Waals surface area contributed by atoms with Gasteiger partial charge in [0.05, 0.1) is 13.2 Å². The molecule has 3 saturated heterocycles. The fraction of sp³-hybridized carbons (Fsp3) is 0.577. The molecule has 1 aromatic carbocycles. The predicted molar refractivity (Wildman–Crippen MR) is 129 cm³/mol. The molecule has 0 radical (unpaired) electrons. The van der Waals surface area contributed by atoms with Crippen molar-refractivity contribution in [2.75, 3.05) is 62.3 Å². The summed E-state index contributed by atoms with van der Waals surface area (Å²) >= 11 is 0. The number of aromatic nitrogens is 2. The Morgan fingerprint density at radius 3 is 2.00 bits per heavy atom. The number of carbonyl (C=O) groups excluding carboxylic acids is 1. The molecule has 0 aliphatic carbocycles. The van der Waals surface area contributed by atoms with Crippen LogP contribution in [0.15, 0.2) is 42.5 Å². The van der Waals surface area contributed by atoms with Crippen LogP contribution < -0.4 is 9.80 Å². The monoisotopic (exact) mass is 449 g/mol. The standard InChI is InChI=1S/C26H35N5O2/c32-26(31-12-8-22(9-13-31)20-21-4-2-1-3-5-21)23-10-14-29(15-11-23)24-6-7-25(28-27-24)30-16-18-33-19-17-30/h1-7,22-23H,8-20H2. The van der Waals surface area contributed by atoms with Crippen molar-refractivity contribution >= 4 is 17.5 Å². The van der Waals surface area contributed by atoms with Crippen molar-refractivity contribution in [2.24, 2.45) is 11.8 Å². The lowest BCUT2D eigenvalue weighted by molar-refractivity contribution is -0.137. The molecule has 3 aliphatic rings. The van der Waals surface area contributed by atoms with Crippen molar-refractivity contribution < 1.29 is 9.53 Å². The van der Waals surface area contributed by atoms with Crippen molar-refractivity contribution in [1.29, 1.82) is 0 Å². The van der Waals surface area contributed by atoms with Gasteiger partial charge in [0, 0.05) is 45.2 Å². The average Bonchev–Trinajstić information content (AvgIpc) is 2.90. The first-order chi connectivity index (χ1) is 16.3. The van der Waals surface area contributed by atoms with E-state index in [1.807, 2.05) is 0 Å². The minimum Gasteiger partial charge on any atom is -0.378 e. The van der Waals surface area contributed by atoms with Crippen LogP contribution in [0.25, 0.3) is 0 Å². The molecule has 0 bridgehead atoms. The zero-order valence-electron chi connectivity index (χ0n) is 19.4. The number of benzene rings is 1. The van der Waals surface area contributed by atoms with E-state index in [0.29, 0.717) is 11.8 Å². The van der Waals surface area contributed by atoms with Crippen molar-refractivity contribution in [3.8, 4) is 0 Å². The van der Waals surface area contributed by atoms with Gasteiger partial charge in [-0.1, -0.05) is 30.3 Å². The van der Waals surface area contributed by atoms with Crippen LogP contribution in [-0.2, 0) is 16.0 Å². The molecule has 0 spiro atoms. The number of rotatable bonds is 5. The van der Waals surface area contributed by atoms with Crippen LogP contribution in [0, 0.1) is 11.8 Å². The van der Waals surface area contributed by atoms with Crippen molar-refractivity contribution in [3.05, 3.63) is 48.0 Å². The summed E-state index contributed by atoms with van der Waals surface area (Å²) in [5.74, 6) is 3.04. The lowest BCUT2D eigenvalue weighted by Crippen LogP contribution is -2.45. The van der Waals surface area contributed by atoms with Gasteiger partial charge in [0.15, 0.2) is 11.6 Å². The quantitative estimate of drug-likeness (QED) is 0.699. The molecule has 0 unspecified atom stereocenters. The number of likely N-dealkylation sites (tertiary alicyclic amines) is 1. The first-order valence-corrected chi connectivity index (χ1v) is 12.5. The summed E-state index contributed by atoms with van der Waals surface area (Å²) in [6.45, 7) is 6.77. The van der Waals surface area contributed by atoms with Gasteiger partial charge in [0.1, 0.15) is 0 Å². The molecule has 2 aromatic rings. The molecule has 0 N–H and O–H groups in total. The highest BCUT2D eigenvalue weighted by Gasteiger charge is 2.31. The molecule has 0 atom stereocenters. The highest BCUT2D eigenvalue weighted by atomic mass is 16.5. The maximum absolute atomic E-state index is 13.1. The number of morpholine rings is 1. The Kier molecular flexibility index (Phi) is 7.05. The molecular formula is C26H35N5O2. The third-order valence-corrected chi connectivity index (χ3v) is 7.43. The zero-order valence-corrected chi connectivity index (χ0v) is 19.4. The van der Waals surface area contributed by atoms with Crippen LogP contribution in [-0.4, -0.2) is 73.5 Å². The van der Waals surface area contributed by atoms with E-state index in [9.17, 15) is 4.79 Å². The number of ether oxygens (including phenoxy) is 1. The summed E-state index contributed by atoms with van der Waals surface area (Å²) in [6, 6.07) is 14.9. The van der Waals surface area contributed by atoms with Gasteiger partial charge in [-0.2, -0.15) is 0 Å². The third kappa shape index (κ3) is 5.46. The van der Waals surface area contributed by atoms with Crippen LogP contribution >= 0.6 is 0 Å². The Morgan fingerprint density at radius 1 is 0.788 bits per heavy atom. The van der Waals surface area contributed by atoms with Crippen LogP contribution in [0.4, 0.5) is 11.6 Å². The second kappa shape index (κ2) is 10.5. The number of hydrogen-bond donors (Lipinski definition) is 0. The van der Waals surface area contributed by atoms with Gasteiger partial charge >= 0.3 is 0 Å². The first-order valence-electron chi connectivity index (χ1n) is 12.5. The highest BCUT2D eigenvalue weighted by Crippen LogP contribution is 2.27. The molecule has 7 nitrogen and oxygen atoms in total. The van der Waals surface area contributed by atoms with Gasteiger partial charge in [-0.3, -0.25) is 4.79 Å². The Bertz CT molecular complexity index is 885. The fourth-order valence-electron chi connectivity index (χ4n) is 5.37. The smallest absolute Gasteiger partial charge is 0.225 e. The number of carbonyl (C=O) groups is 1. The summed E-state index contributed by atoms with van der Waals surface area (Å²) in [5.41, 5.74) is 1.41. The van der Waals surface area contributed by atoms with Crippen molar-refractivity contribution in [2.45, 2.75) is 32.1 Å². The van der Waals surface area contributed by atoms with Gasteiger partial charge < -0.3 is 19.4 Å². The van der Waals surface area contributed by atoms with Gasteiger partial charge in [0.2, 0.25) is 5.91 Å². The van der Waals surface area contributed by atoms with E-state index in [4.69, 9.17) is 4.74 Å². The molecule has 5 rings (SSSR count). The molecule has 33 heavy (non-hydrogen) atoms. The first kappa shape index (κ1) is 22.1. The van der Waals surface area contributed by atoms with E-state index in [2.05, 4.69) is 67.4 Å². The third-order valence-electron chi connectivity index (χ3n) is 7.43. The second-order valence-corrected chi connectivity index (χ2v) is 9.57. The summed E-state index contributed by atoms with van der Waals surface area (Å²) in [7, 11) is 0. The molecule has 7 heteroatoms.